The molecule has 2 atom stereocenters. The first kappa shape index (κ1) is 16.7. The van der Waals surface area contributed by atoms with E-state index in [9.17, 15) is 10.1 Å². The van der Waals surface area contributed by atoms with E-state index in [2.05, 4.69) is 11.1 Å². The van der Waals surface area contributed by atoms with Crippen molar-refractivity contribution in [1.82, 2.24) is 4.98 Å². The molecule has 0 spiro atoms. The number of nitrogens with one attached hydrogen (secondary N) is 1. The molecule has 0 radical (unpaired) electrons. The van der Waals surface area contributed by atoms with E-state index in [1.54, 1.807) is 30.5 Å². The van der Waals surface area contributed by atoms with Gasteiger partial charge in [0.2, 0.25) is 5.90 Å². The van der Waals surface area contributed by atoms with Gasteiger partial charge in [0.15, 0.2) is 0 Å². The second-order valence-electron chi connectivity index (χ2n) is 6.22. The second kappa shape index (κ2) is 6.54. The summed E-state index contributed by atoms with van der Waals surface area (Å²) >= 11 is 0. The topological polar surface area (TPSA) is 96.1 Å². The highest BCUT2D eigenvalue weighted by molar-refractivity contribution is 5.94. The molecular weight excluding hydrogens is 342 g/mol. The van der Waals surface area contributed by atoms with Crippen molar-refractivity contribution in [2.24, 2.45) is 5.92 Å². The first-order valence-electron chi connectivity index (χ1n) is 8.36. The summed E-state index contributed by atoms with van der Waals surface area (Å²) in [7, 11) is 1.33. The molecular formula is C21H15N3O3. The minimum atomic E-state index is -0.792. The van der Waals surface area contributed by atoms with Gasteiger partial charge >= 0.3 is 5.97 Å². The lowest BCUT2D eigenvalue weighted by Crippen LogP contribution is -2.31. The molecule has 0 fully saturated rings. The summed E-state index contributed by atoms with van der Waals surface area (Å²) in [5.41, 5.74) is 2.69. The fraction of sp³-hybridized carbons (Fsp3) is 0.143. The molecule has 1 N–H and O–H groups in total. The molecule has 0 amide bonds. The molecule has 0 saturated heterocycles. The summed E-state index contributed by atoms with van der Waals surface area (Å²) in [4.78, 5) is 16.2. The Morgan fingerprint density at radius 2 is 2.11 bits per heavy atom. The van der Waals surface area contributed by atoms with Crippen LogP contribution in [0.15, 0.2) is 54.7 Å². The van der Waals surface area contributed by atoms with E-state index in [0.29, 0.717) is 11.3 Å². The maximum atomic E-state index is 11.9. The Labute approximate surface area is 155 Å². The zero-order chi connectivity index (χ0) is 19.0. The van der Waals surface area contributed by atoms with E-state index in [-0.39, 0.29) is 5.90 Å². The number of ether oxygens (including phenoxy) is 2. The molecule has 6 nitrogen and oxygen atoms in total. The van der Waals surface area contributed by atoms with Crippen LogP contribution in [0.5, 0.6) is 5.75 Å². The number of fused-ring (bicyclic) bond motifs is 3. The number of carbonyl (C=O) groups excluding carboxylic acids is 1. The van der Waals surface area contributed by atoms with Crippen LogP contribution >= 0.6 is 0 Å². The van der Waals surface area contributed by atoms with Gasteiger partial charge in [0.05, 0.1) is 24.3 Å². The van der Waals surface area contributed by atoms with Crippen LogP contribution in [0.3, 0.4) is 0 Å². The summed E-state index contributed by atoms with van der Waals surface area (Å²) in [5, 5.41) is 18.7. The van der Waals surface area contributed by atoms with Crippen LogP contribution in [0, 0.1) is 22.7 Å². The Morgan fingerprint density at radius 1 is 1.26 bits per heavy atom. The highest BCUT2D eigenvalue weighted by Gasteiger charge is 2.38. The highest BCUT2D eigenvalue weighted by Crippen LogP contribution is 2.45. The number of hydrogen-bond acceptors (Lipinski definition) is 6. The molecule has 6 heteroatoms. The maximum Gasteiger partial charge on any atom is 0.337 e. The summed E-state index contributed by atoms with van der Waals surface area (Å²) in [6.45, 7) is 0. The lowest BCUT2D eigenvalue weighted by atomic mass is 9.78. The molecule has 27 heavy (non-hydrogen) atoms. The van der Waals surface area contributed by atoms with Gasteiger partial charge in [-0.1, -0.05) is 18.2 Å². The molecule has 1 aliphatic rings. The zero-order valence-corrected chi connectivity index (χ0v) is 14.5. The Hall–Kier alpha value is -3.72. The van der Waals surface area contributed by atoms with Crippen LogP contribution in [0.4, 0.5) is 0 Å². The van der Waals surface area contributed by atoms with Crippen LogP contribution in [-0.2, 0) is 4.74 Å². The van der Waals surface area contributed by atoms with E-state index < -0.39 is 17.8 Å². The summed E-state index contributed by atoms with van der Waals surface area (Å²) in [5.74, 6) is -1.25. The number of esters is 1. The normalized spacial score (nSPS) is 18.3. The van der Waals surface area contributed by atoms with Crippen molar-refractivity contribution in [1.29, 1.82) is 10.7 Å². The van der Waals surface area contributed by atoms with Crippen LogP contribution in [0.2, 0.25) is 0 Å². The smallest absolute Gasteiger partial charge is 0.337 e. The number of nitrogens with zero attached hydrogens (tertiary/aromatic N) is 2. The van der Waals surface area contributed by atoms with E-state index >= 15 is 0 Å². The van der Waals surface area contributed by atoms with Crippen molar-refractivity contribution in [3.63, 3.8) is 0 Å². The third-order valence-corrected chi connectivity index (χ3v) is 4.73. The van der Waals surface area contributed by atoms with Crippen molar-refractivity contribution >= 4 is 22.8 Å². The predicted octanol–water partition coefficient (Wildman–Crippen LogP) is 3.66. The molecule has 0 aliphatic carbocycles. The van der Waals surface area contributed by atoms with Gasteiger partial charge in [-0.15, -0.1) is 0 Å². The number of methoxy groups -OCH3 is 1. The van der Waals surface area contributed by atoms with E-state index in [1.807, 2.05) is 24.3 Å². The monoisotopic (exact) mass is 357 g/mol. The van der Waals surface area contributed by atoms with Gasteiger partial charge in [-0.25, -0.2) is 4.79 Å². The third kappa shape index (κ3) is 2.70. The van der Waals surface area contributed by atoms with Crippen LogP contribution < -0.4 is 4.74 Å². The van der Waals surface area contributed by atoms with Gasteiger partial charge in [0.25, 0.3) is 0 Å². The van der Waals surface area contributed by atoms with Crippen molar-refractivity contribution < 1.29 is 14.3 Å². The molecule has 0 bridgehead atoms. The minimum Gasteiger partial charge on any atom is -0.465 e. The number of benzene rings is 2. The lowest BCUT2D eigenvalue weighted by Gasteiger charge is -2.31. The zero-order valence-electron chi connectivity index (χ0n) is 14.5. The molecule has 0 saturated carbocycles. The molecule has 2 heterocycles. The SMILES string of the molecule is COC(=O)c1cccc(C2c3ccc4ncccc4c3OC(=N)C2C#N)c1. The number of aromatic nitrogens is 1. The molecule has 1 aliphatic heterocycles. The van der Waals surface area contributed by atoms with E-state index in [1.165, 1.54) is 7.11 Å². The van der Waals surface area contributed by atoms with Gasteiger partial charge < -0.3 is 9.47 Å². The van der Waals surface area contributed by atoms with Crippen LogP contribution in [0.1, 0.15) is 27.4 Å². The van der Waals surface area contributed by atoms with Crippen molar-refractivity contribution in [2.75, 3.05) is 7.11 Å². The second-order valence-corrected chi connectivity index (χ2v) is 6.22. The summed E-state index contributed by atoms with van der Waals surface area (Å²) in [6.07, 6.45) is 1.69. The quantitative estimate of drug-likeness (QED) is 0.706. The van der Waals surface area contributed by atoms with Gasteiger partial charge in [0, 0.05) is 23.1 Å². The molecule has 1 aromatic heterocycles. The predicted molar refractivity (Wildman–Crippen MR) is 98.8 cm³/mol. The van der Waals surface area contributed by atoms with Crippen LogP contribution in [0.25, 0.3) is 10.9 Å². The third-order valence-electron chi connectivity index (χ3n) is 4.73. The van der Waals surface area contributed by atoms with Crippen LogP contribution in [-0.4, -0.2) is 24.0 Å². The molecule has 4 rings (SSSR count). The van der Waals surface area contributed by atoms with Gasteiger partial charge in [-0.2, -0.15) is 5.26 Å². The largest absolute Gasteiger partial charge is 0.465 e. The van der Waals surface area contributed by atoms with E-state index in [4.69, 9.17) is 14.9 Å². The van der Waals surface area contributed by atoms with Crippen molar-refractivity contribution in [3.8, 4) is 11.8 Å². The average Bonchev–Trinajstić information content (AvgIpc) is 2.72. The standard InChI is InChI=1S/C21H15N3O3/c1-26-21(25)13-5-2-4-12(10-13)18-15-7-8-17-14(6-3-9-24-17)19(15)27-20(23)16(18)11-22/h2-10,16,18,23H,1H3. The molecule has 2 aromatic carbocycles. The van der Waals surface area contributed by atoms with Gasteiger partial charge in [0.1, 0.15) is 11.7 Å². The minimum absolute atomic E-state index is 0.116. The Morgan fingerprint density at radius 3 is 2.89 bits per heavy atom. The molecule has 3 aromatic rings. The fourth-order valence-electron chi connectivity index (χ4n) is 3.49. The Bertz CT molecular complexity index is 1120. The average molecular weight is 357 g/mol. The molecule has 2 unspecified atom stereocenters. The first-order valence-corrected chi connectivity index (χ1v) is 8.36. The highest BCUT2D eigenvalue weighted by atomic mass is 16.5. The molecule has 132 valence electrons. The number of rotatable bonds is 2. The summed E-state index contributed by atoms with van der Waals surface area (Å²) < 4.78 is 10.5. The number of pyridine rings is 1. The maximum absolute atomic E-state index is 11.9. The van der Waals surface area contributed by atoms with Crippen molar-refractivity contribution in [2.45, 2.75) is 5.92 Å². The number of hydrogen-bond donors (Lipinski definition) is 1. The van der Waals surface area contributed by atoms with Gasteiger partial charge in [-0.05, 0) is 35.9 Å². The van der Waals surface area contributed by atoms with Crippen molar-refractivity contribution in [3.05, 3.63) is 71.4 Å². The van der Waals surface area contributed by atoms with Gasteiger partial charge in [-0.3, -0.25) is 10.4 Å². The fourth-order valence-corrected chi connectivity index (χ4v) is 3.49. The first-order chi connectivity index (χ1) is 13.1. The Kier molecular flexibility index (Phi) is 4.05. The Balaban J connectivity index is 1.94. The number of nitriles is 1. The van der Waals surface area contributed by atoms with E-state index in [0.717, 1.165) is 22.0 Å². The lowest BCUT2D eigenvalue weighted by molar-refractivity contribution is 0.0600. The summed E-state index contributed by atoms with van der Waals surface area (Å²) in [6, 6.07) is 16.6. The number of carbonyl (C=O) groups is 1.